The molecular formula is C9H7BrN2O2. The van der Waals surface area contributed by atoms with Crippen LogP contribution in [0.15, 0.2) is 22.8 Å². The number of aromatic carboxylic acids is 1. The Bertz CT molecular complexity index is 519. The van der Waals surface area contributed by atoms with Crippen molar-refractivity contribution in [2.45, 2.75) is 6.92 Å². The van der Waals surface area contributed by atoms with E-state index in [-0.39, 0.29) is 5.56 Å². The standard InChI is InChI=1S/C9H7BrN2O2/c1-5-8(10)7-4-6(9(13)14)2-3-12(7)11-5/h2-4H,1H3,(H,13,14). The summed E-state index contributed by atoms with van der Waals surface area (Å²) in [5.41, 5.74) is 1.87. The van der Waals surface area contributed by atoms with E-state index in [1.807, 2.05) is 6.92 Å². The van der Waals surface area contributed by atoms with E-state index in [1.54, 1.807) is 16.8 Å². The highest BCUT2D eigenvalue weighted by atomic mass is 79.9. The van der Waals surface area contributed by atoms with Crippen molar-refractivity contribution in [1.29, 1.82) is 0 Å². The zero-order valence-corrected chi connectivity index (χ0v) is 8.95. The topological polar surface area (TPSA) is 54.6 Å². The summed E-state index contributed by atoms with van der Waals surface area (Å²) < 4.78 is 2.48. The molecule has 1 N–H and O–H groups in total. The highest BCUT2D eigenvalue weighted by Crippen LogP contribution is 2.22. The van der Waals surface area contributed by atoms with Crippen LogP contribution < -0.4 is 0 Å². The molecule has 14 heavy (non-hydrogen) atoms. The first-order valence-electron chi connectivity index (χ1n) is 3.97. The highest BCUT2D eigenvalue weighted by Gasteiger charge is 2.09. The molecular weight excluding hydrogens is 248 g/mol. The molecule has 0 spiro atoms. The minimum Gasteiger partial charge on any atom is -0.478 e. The number of aryl methyl sites for hydroxylation is 1. The summed E-state index contributed by atoms with van der Waals surface area (Å²) in [5.74, 6) is -0.932. The number of carboxylic acid groups (broad SMARTS) is 1. The Labute approximate surface area is 88.3 Å². The normalized spacial score (nSPS) is 10.7. The third-order valence-corrected chi connectivity index (χ3v) is 2.96. The van der Waals surface area contributed by atoms with E-state index in [4.69, 9.17) is 5.11 Å². The Morgan fingerprint density at radius 1 is 1.64 bits per heavy atom. The molecule has 5 heteroatoms. The maximum Gasteiger partial charge on any atom is 0.335 e. The lowest BCUT2D eigenvalue weighted by atomic mass is 10.2. The molecule has 0 atom stereocenters. The molecule has 2 rings (SSSR count). The predicted molar refractivity (Wildman–Crippen MR) is 54.6 cm³/mol. The van der Waals surface area contributed by atoms with Crippen LogP contribution in [0.2, 0.25) is 0 Å². The molecule has 0 saturated carbocycles. The quantitative estimate of drug-likeness (QED) is 0.848. The van der Waals surface area contributed by atoms with Crippen molar-refractivity contribution >= 4 is 27.4 Å². The minimum atomic E-state index is -0.932. The predicted octanol–water partition coefficient (Wildman–Crippen LogP) is 2.10. The van der Waals surface area contributed by atoms with E-state index in [0.717, 1.165) is 15.7 Å². The second kappa shape index (κ2) is 3.09. The van der Waals surface area contributed by atoms with E-state index >= 15 is 0 Å². The molecule has 0 amide bonds. The summed E-state index contributed by atoms with van der Waals surface area (Å²) in [6.07, 6.45) is 1.64. The Kier molecular flexibility index (Phi) is 2.03. The van der Waals surface area contributed by atoms with Crippen LogP contribution in [0.3, 0.4) is 0 Å². The van der Waals surface area contributed by atoms with Crippen LogP contribution in [0, 0.1) is 6.92 Å². The van der Waals surface area contributed by atoms with Crippen LogP contribution in [0.5, 0.6) is 0 Å². The first-order valence-corrected chi connectivity index (χ1v) is 4.76. The van der Waals surface area contributed by atoms with Crippen molar-refractivity contribution in [3.05, 3.63) is 34.1 Å². The highest BCUT2D eigenvalue weighted by molar-refractivity contribution is 9.10. The number of hydrogen-bond acceptors (Lipinski definition) is 2. The second-order valence-corrected chi connectivity index (χ2v) is 3.74. The summed E-state index contributed by atoms with van der Waals surface area (Å²) in [6, 6.07) is 3.11. The monoisotopic (exact) mass is 254 g/mol. The Balaban J connectivity index is 2.76. The summed E-state index contributed by atoms with van der Waals surface area (Å²) in [7, 11) is 0. The molecule has 2 heterocycles. The van der Waals surface area contributed by atoms with Crippen LogP contribution in [0.25, 0.3) is 5.52 Å². The third-order valence-electron chi connectivity index (χ3n) is 1.98. The van der Waals surface area contributed by atoms with Crippen molar-refractivity contribution in [3.8, 4) is 0 Å². The van der Waals surface area contributed by atoms with Gasteiger partial charge in [0.25, 0.3) is 0 Å². The van der Waals surface area contributed by atoms with Crippen molar-refractivity contribution in [2.24, 2.45) is 0 Å². The second-order valence-electron chi connectivity index (χ2n) is 2.95. The fraction of sp³-hybridized carbons (Fsp3) is 0.111. The molecule has 0 unspecified atom stereocenters. The Morgan fingerprint density at radius 3 is 3.00 bits per heavy atom. The van der Waals surface area contributed by atoms with Crippen molar-refractivity contribution in [3.63, 3.8) is 0 Å². The minimum absolute atomic E-state index is 0.262. The molecule has 4 nitrogen and oxygen atoms in total. The summed E-state index contributed by atoms with van der Waals surface area (Å²) in [5, 5.41) is 13.0. The largest absolute Gasteiger partial charge is 0.478 e. The van der Waals surface area contributed by atoms with E-state index in [9.17, 15) is 4.79 Å². The van der Waals surface area contributed by atoms with Gasteiger partial charge in [-0.3, -0.25) is 0 Å². The van der Waals surface area contributed by atoms with Gasteiger partial charge in [0.1, 0.15) is 0 Å². The van der Waals surface area contributed by atoms with E-state index in [0.29, 0.717) is 0 Å². The lowest BCUT2D eigenvalue weighted by Crippen LogP contribution is -1.97. The number of halogens is 1. The molecule has 0 fully saturated rings. The van der Waals surface area contributed by atoms with Gasteiger partial charge < -0.3 is 5.11 Å². The lowest BCUT2D eigenvalue weighted by molar-refractivity contribution is 0.0697. The maximum absolute atomic E-state index is 10.7. The van der Waals surface area contributed by atoms with Gasteiger partial charge in [-0.15, -0.1) is 0 Å². The van der Waals surface area contributed by atoms with Gasteiger partial charge in [0.15, 0.2) is 0 Å². The van der Waals surface area contributed by atoms with Crippen LogP contribution in [-0.2, 0) is 0 Å². The fourth-order valence-electron chi connectivity index (χ4n) is 1.27. The first-order chi connectivity index (χ1) is 6.59. The van der Waals surface area contributed by atoms with E-state index in [2.05, 4.69) is 21.0 Å². The smallest absolute Gasteiger partial charge is 0.335 e. The molecule has 0 aliphatic rings. The van der Waals surface area contributed by atoms with Crippen molar-refractivity contribution < 1.29 is 9.90 Å². The number of pyridine rings is 1. The van der Waals surface area contributed by atoms with Crippen molar-refractivity contribution in [1.82, 2.24) is 9.61 Å². The number of hydrogen-bond donors (Lipinski definition) is 1. The summed E-state index contributed by atoms with van der Waals surface area (Å²) in [4.78, 5) is 10.7. The van der Waals surface area contributed by atoms with Gasteiger partial charge >= 0.3 is 5.97 Å². The molecule has 72 valence electrons. The van der Waals surface area contributed by atoms with Crippen LogP contribution in [-0.4, -0.2) is 20.7 Å². The van der Waals surface area contributed by atoms with Gasteiger partial charge in [0.05, 0.1) is 21.2 Å². The molecule has 2 aromatic rings. The first kappa shape index (κ1) is 9.21. The van der Waals surface area contributed by atoms with Gasteiger partial charge in [0, 0.05) is 6.20 Å². The number of carbonyl (C=O) groups is 1. The summed E-state index contributed by atoms with van der Waals surface area (Å²) >= 11 is 3.36. The van der Waals surface area contributed by atoms with Gasteiger partial charge in [-0.05, 0) is 35.0 Å². The van der Waals surface area contributed by atoms with Gasteiger partial charge in [0.2, 0.25) is 0 Å². The molecule has 0 aliphatic heterocycles. The average molecular weight is 255 g/mol. The number of nitrogens with zero attached hydrogens (tertiary/aromatic N) is 2. The maximum atomic E-state index is 10.7. The third kappa shape index (κ3) is 1.29. The fourth-order valence-corrected chi connectivity index (χ4v) is 1.64. The van der Waals surface area contributed by atoms with E-state index < -0.39 is 5.97 Å². The number of aromatic nitrogens is 2. The molecule has 0 saturated heterocycles. The van der Waals surface area contributed by atoms with Gasteiger partial charge in [-0.25, -0.2) is 9.31 Å². The van der Waals surface area contributed by atoms with Crippen LogP contribution >= 0.6 is 15.9 Å². The molecule has 0 aromatic carbocycles. The molecule has 2 aromatic heterocycles. The number of carboxylic acids is 1. The zero-order valence-electron chi connectivity index (χ0n) is 7.36. The average Bonchev–Trinajstić information content (AvgIpc) is 2.43. The van der Waals surface area contributed by atoms with Crippen molar-refractivity contribution in [2.75, 3.05) is 0 Å². The molecule has 0 radical (unpaired) electrons. The summed E-state index contributed by atoms with van der Waals surface area (Å²) in [6.45, 7) is 1.86. The number of rotatable bonds is 1. The molecule has 0 bridgehead atoms. The van der Waals surface area contributed by atoms with Crippen LogP contribution in [0.1, 0.15) is 16.1 Å². The SMILES string of the molecule is Cc1nn2ccc(C(=O)O)cc2c1Br. The lowest BCUT2D eigenvalue weighted by Gasteiger charge is -1.95. The van der Waals surface area contributed by atoms with E-state index in [1.165, 1.54) is 6.07 Å². The van der Waals surface area contributed by atoms with Gasteiger partial charge in [-0.2, -0.15) is 5.10 Å². The Hall–Kier alpha value is -1.36. The number of fused-ring (bicyclic) bond motifs is 1. The zero-order chi connectivity index (χ0) is 10.3. The molecule has 0 aliphatic carbocycles. The van der Waals surface area contributed by atoms with Crippen LogP contribution in [0.4, 0.5) is 0 Å². The Morgan fingerprint density at radius 2 is 2.36 bits per heavy atom. The van der Waals surface area contributed by atoms with Gasteiger partial charge in [-0.1, -0.05) is 0 Å².